The van der Waals surface area contributed by atoms with Gasteiger partial charge in [0, 0.05) is 23.6 Å². The first-order chi connectivity index (χ1) is 3.43. The Morgan fingerprint density at radius 3 is 2.75 bits per heavy atom. The molecule has 0 aliphatic carbocycles. The minimum absolute atomic E-state index is 0. The summed E-state index contributed by atoms with van der Waals surface area (Å²) in [6.07, 6.45) is 0. The highest BCUT2D eigenvalue weighted by molar-refractivity contribution is 8.00. The summed E-state index contributed by atoms with van der Waals surface area (Å²) in [5, 5.41) is 3.87. The van der Waals surface area contributed by atoms with Gasteiger partial charge in [0.15, 0.2) is 0 Å². The summed E-state index contributed by atoms with van der Waals surface area (Å²) in [5.41, 5.74) is 0. The largest absolute Gasteiger partial charge is 0.307 e. The molecular weight excluding hydrogens is 165 g/mol. The highest BCUT2D eigenvalue weighted by Gasteiger charge is 2.11. The molecule has 0 saturated carbocycles. The maximum absolute atomic E-state index is 5.55. The highest BCUT2D eigenvalue weighted by Crippen LogP contribution is 2.14. The maximum atomic E-state index is 5.55. The molecule has 0 amide bonds. The molecule has 0 spiro atoms. The summed E-state index contributed by atoms with van der Waals surface area (Å²) in [4.78, 5) is 0. The number of rotatable bonds is 1. The van der Waals surface area contributed by atoms with Crippen molar-refractivity contribution in [3.8, 4) is 0 Å². The summed E-state index contributed by atoms with van der Waals surface area (Å²) in [6, 6.07) is 0. The summed E-state index contributed by atoms with van der Waals surface area (Å²) >= 11 is 7.45. The Morgan fingerprint density at radius 1 is 1.75 bits per heavy atom. The van der Waals surface area contributed by atoms with Crippen LogP contribution in [-0.4, -0.2) is 23.6 Å². The zero-order valence-electron chi connectivity index (χ0n) is 4.39. The zero-order chi connectivity index (χ0) is 5.11. The van der Waals surface area contributed by atoms with Gasteiger partial charge in [0.2, 0.25) is 0 Å². The smallest absolute Gasteiger partial charge is 0.0421 e. The molecule has 0 bridgehead atoms. The minimum Gasteiger partial charge on any atom is -0.307 e. The molecule has 0 aromatic rings. The molecule has 8 heavy (non-hydrogen) atoms. The van der Waals surface area contributed by atoms with E-state index in [1.807, 2.05) is 11.8 Å². The standard InChI is InChI=1S/C4H8ClNS.ClH/c5-1-4-2-6-3-7-4;/h4,6H,1-3H2;1H. The average Bonchev–Trinajstić information content (AvgIpc) is 2.14. The Morgan fingerprint density at radius 2 is 2.50 bits per heavy atom. The molecule has 1 aliphatic rings. The second-order valence-electron chi connectivity index (χ2n) is 1.54. The fourth-order valence-electron chi connectivity index (χ4n) is 0.555. The molecule has 1 atom stereocenters. The van der Waals surface area contributed by atoms with Gasteiger partial charge in [-0.3, -0.25) is 0 Å². The highest BCUT2D eigenvalue weighted by atomic mass is 35.5. The molecule has 1 aliphatic heterocycles. The van der Waals surface area contributed by atoms with Gasteiger partial charge < -0.3 is 5.32 Å². The molecule has 0 aromatic carbocycles. The van der Waals surface area contributed by atoms with Crippen LogP contribution in [0, 0.1) is 0 Å². The molecule has 0 radical (unpaired) electrons. The van der Waals surface area contributed by atoms with Gasteiger partial charge in [-0.1, -0.05) is 0 Å². The Kier molecular flexibility index (Phi) is 5.27. The number of hydrogen-bond donors (Lipinski definition) is 1. The molecule has 4 heteroatoms. The van der Waals surface area contributed by atoms with Crippen LogP contribution in [0.2, 0.25) is 0 Å². The number of nitrogens with one attached hydrogen (secondary N) is 1. The summed E-state index contributed by atoms with van der Waals surface area (Å²) in [6.45, 7) is 1.09. The number of hydrogen-bond acceptors (Lipinski definition) is 2. The van der Waals surface area contributed by atoms with E-state index < -0.39 is 0 Å². The van der Waals surface area contributed by atoms with Crippen molar-refractivity contribution in [2.24, 2.45) is 0 Å². The third-order valence-corrected chi connectivity index (χ3v) is 2.70. The van der Waals surface area contributed by atoms with Gasteiger partial charge in [-0.25, -0.2) is 0 Å². The molecule has 0 aromatic heterocycles. The normalized spacial score (nSPS) is 27.4. The fraction of sp³-hybridized carbons (Fsp3) is 1.00. The Bertz CT molecular complexity index is 56.0. The molecule has 50 valence electrons. The van der Waals surface area contributed by atoms with Gasteiger partial charge in [0.05, 0.1) is 0 Å². The van der Waals surface area contributed by atoms with Crippen molar-refractivity contribution >= 4 is 35.8 Å². The van der Waals surface area contributed by atoms with Crippen LogP contribution >= 0.6 is 35.8 Å². The fourth-order valence-corrected chi connectivity index (χ4v) is 1.73. The lowest BCUT2D eigenvalue weighted by molar-refractivity contribution is 0.816. The van der Waals surface area contributed by atoms with Crippen molar-refractivity contribution in [3.63, 3.8) is 0 Å². The predicted molar refractivity (Wildman–Crippen MR) is 42.2 cm³/mol. The third-order valence-electron chi connectivity index (χ3n) is 0.965. The number of halogens is 2. The third kappa shape index (κ3) is 2.44. The van der Waals surface area contributed by atoms with Crippen molar-refractivity contribution in [1.82, 2.24) is 5.32 Å². The Balaban J connectivity index is 0.000000490. The van der Waals surface area contributed by atoms with Crippen molar-refractivity contribution in [2.75, 3.05) is 18.3 Å². The van der Waals surface area contributed by atoms with E-state index in [9.17, 15) is 0 Å². The maximum Gasteiger partial charge on any atom is 0.0421 e. The molecule has 1 nitrogen and oxygen atoms in total. The second-order valence-corrected chi connectivity index (χ2v) is 3.14. The molecule has 1 saturated heterocycles. The lowest BCUT2D eigenvalue weighted by Gasteiger charge is -1.96. The first-order valence-corrected chi connectivity index (χ1v) is 3.90. The first-order valence-electron chi connectivity index (χ1n) is 2.32. The van der Waals surface area contributed by atoms with E-state index in [1.54, 1.807) is 0 Å². The molecule has 1 N–H and O–H groups in total. The van der Waals surface area contributed by atoms with Crippen molar-refractivity contribution < 1.29 is 0 Å². The Labute approximate surface area is 65.0 Å². The van der Waals surface area contributed by atoms with Crippen molar-refractivity contribution in [1.29, 1.82) is 0 Å². The van der Waals surface area contributed by atoms with Gasteiger partial charge >= 0.3 is 0 Å². The monoisotopic (exact) mass is 173 g/mol. The van der Waals surface area contributed by atoms with Crippen molar-refractivity contribution in [2.45, 2.75) is 5.25 Å². The van der Waals surface area contributed by atoms with Crippen LogP contribution in [0.5, 0.6) is 0 Å². The van der Waals surface area contributed by atoms with Crippen LogP contribution in [0.3, 0.4) is 0 Å². The summed E-state index contributed by atoms with van der Waals surface area (Å²) in [7, 11) is 0. The van der Waals surface area contributed by atoms with E-state index in [0.29, 0.717) is 5.25 Å². The summed E-state index contributed by atoms with van der Waals surface area (Å²) in [5.74, 6) is 1.87. The molecule has 1 fully saturated rings. The van der Waals surface area contributed by atoms with E-state index in [2.05, 4.69) is 5.32 Å². The second kappa shape index (κ2) is 4.74. The van der Waals surface area contributed by atoms with Crippen LogP contribution in [-0.2, 0) is 0 Å². The topological polar surface area (TPSA) is 12.0 Å². The molecule has 1 heterocycles. The van der Waals surface area contributed by atoms with Crippen LogP contribution < -0.4 is 5.32 Å². The van der Waals surface area contributed by atoms with Gasteiger partial charge in [-0.05, 0) is 0 Å². The van der Waals surface area contributed by atoms with Gasteiger partial charge in [0.25, 0.3) is 0 Å². The molecule has 1 unspecified atom stereocenters. The Hall–Kier alpha value is 0.890. The minimum atomic E-state index is 0. The van der Waals surface area contributed by atoms with Crippen LogP contribution in [0.15, 0.2) is 0 Å². The van der Waals surface area contributed by atoms with E-state index in [-0.39, 0.29) is 12.4 Å². The average molecular weight is 174 g/mol. The van der Waals surface area contributed by atoms with Crippen LogP contribution in [0.1, 0.15) is 0 Å². The van der Waals surface area contributed by atoms with E-state index in [4.69, 9.17) is 11.6 Å². The first kappa shape index (κ1) is 8.89. The number of thioether (sulfide) groups is 1. The van der Waals surface area contributed by atoms with Crippen LogP contribution in [0.4, 0.5) is 0 Å². The molecule has 1 rings (SSSR count). The van der Waals surface area contributed by atoms with Crippen LogP contribution in [0.25, 0.3) is 0 Å². The van der Waals surface area contributed by atoms with Gasteiger partial charge in [-0.15, -0.1) is 35.8 Å². The predicted octanol–water partition coefficient (Wildman–Crippen LogP) is 1.31. The SMILES string of the molecule is Cl.ClCC1CNCS1. The van der Waals surface area contributed by atoms with Gasteiger partial charge in [0.1, 0.15) is 0 Å². The van der Waals surface area contributed by atoms with E-state index >= 15 is 0 Å². The van der Waals surface area contributed by atoms with Crippen molar-refractivity contribution in [3.05, 3.63) is 0 Å². The van der Waals surface area contributed by atoms with E-state index in [0.717, 1.165) is 18.3 Å². The zero-order valence-corrected chi connectivity index (χ0v) is 6.78. The lowest BCUT2D eigenvalue weighted by Crippen LogP contribution is -2.13. The lowest BCUT2D eigenvalue weighted by atomic mass is 10.5. The quantitative estimate of drug-likeness (QED) is 0.601. The number of alkyl halides is 1. The summed E-state index contributed by atoms with van der Waals surface area (Å²) < 4.78 is 0. The van der Waals surface area contributed by atoms with Gasteiger partial charge in [-0.2, -0.15) is 0 Å². The molecular formula is C4H9Cl2NS. The van der Waals surface area contributed by atoms with E-state index in [1.165, 1.54) is 0 Å².